The third kappa shape index (κ3) is 3.26. The summed E-state index contributed by atoms with van der Waals surface area (Å²) in [5.41, 5.74) is 1.30. The van der Waals surface area contributed by atoms with Gasteiger partial charge in [0.1, 0.15) is 5.82 Å². The van der Waals surface area contributed by atoms with E-state index < -0.39 is 0 Å². The molecule has 2 aromatic rings. The van der Waals surface area contributed by atoms with E-state index in [0.29, 0.717) is 24.6 Å². The molecule has 2 aromatic heterocycles. The van der Waals surface area contributed by atoms with Gasteiger partial charge in [0.25, 0.3) is 0 Å². The highest BCUT2D eigenvalue weighted by atomic mass is 16.5. The molecule has 0 bridgehead atoms. The third-order valence-electron chi connectivity index (χ3n) is 5.03. The number of aliphatic hydroxyl groups is 1. The number of hydrogen-bond donors (Lipinski definition) is 1. The van der Waals surface area contributed by atoms with Crippen molar-refractivity contribution in [1.82, 2.24) is 15.0 Å². The van der Waals surface area contributed by atoms with E-state index in [1.54, 1.807) is 0 Å². The molecule has 0 aliphatic carbocycles. The molecular weight excluding hydrogens is 318 g/mol. The van der Waals surface area contributed by atoms with Crippen molar-refractivity contribution in [2.75, 3.05) is 42.6 Å². The van der Waals surface area contributed by atoms with Crippen molar-refractivity contribution in [3.05, 3.63) is 17.8 Å². The topological polar surface area (TPSA) is 74.6 Å². The van der Waals surface area contributed by atoms with E-state index in [1.165, 1.54) is 19.3 Å². The van der Waals surface area contributed by atoms with E-state index in [4.69, 9.17) is 14.7 Å². The number of pyridine rings is 1. The minimum Gasteiger partial charge on any atom is -0.390 e. The molecule has 0 radical (unpaired) electrons. The molecule has 2 fully saturated rings. The van der Waals surface area contributed by atoms with Gasteiger partial charge < -0.3 is 19.6 Å². The molecule has 4 heterocycles. The SMILES string of the molecule is CC1COCCN1c1nc(N2CCCCC2)nc2nc(CO)ccc12. The normalized spacial score (nSPS) is 21.8. The Balaban J connectivity index is 1.82. The van der Waals surface area contributed by atoms with E-state index in [1.807, 2.05) is 12.1 Å². The largest absolute Gasteiger partial charge is 0.390 e. The maximum absolute atomic E-state index is 9.43. The van der Waals surface area contributed by atoms with Crippen LogP contribution in [0.5, 0.6) is 0 Å². The molecular formula is C18H25N5O2. The van der Waals surface area contributed by atoms with Gasteiger partial charge in [-0.1, -0.05) is 0 Å². The van der Waals surface area contributed by atoms with Gasteiger partial charge in [0.05, 0.1) is 36.9 Å². The average molecular weight is 343 g/mol. The van der Waals surface area contributed by atoms with Gasteiger partial charge in [0.15, 0.2) is 5.65 Å². The summed E-state index contributed by atoms with van der Waals surface area (Å²) in [6.07, 6.45) is 3.62. The summed E-state index contributed by atoms with van der Waals surface area (Å²) in [6.45, 7) is 6.27. The molecule has 134 valence electrons. The van der Waals surface area contributed by atoms with E-state index in [9.17, 15) is 5.11 Å². The number of piperidine rings is 1. The Bertz CT molecular complexity index is 748. The molecule has 1 unspecified atom stereocenters. The van der Waals surface area contributed by atoms with Crippen molar-refractivity contribution < 1.29 is 9.84 Å². The predicted molar refractivity (Wildman–Crippen MR) is 96.9 cm³/mol. The molecule has 0 saturated carbocycles. The van der Waals surface area contributed by atoms with Gasteiger partial charge in [0.2, 0.25) is 5.95 Å². The second-order valence-corrected chi connectivity index (χ2v) is 6.84. The van der Waals surface area contributed by atoms with Crippen molar-refractivity contribution >= 4 is 22.8 Å². The first-order chi connectivity index (χ1) is 12.3. The first-order valence-electron chi connectivity index (χ1n) is 9.14. The molecule has 0 amide bonds. The fourth-order valence-corrected chi connectivity index (χ4v) is 3.61. The Labute approximate surface area is 147 Å². The first kappa shape index (κ1) is 16.5. The Kier molecular flexibility index (Phi) is 4.67. The number of hydrogen-bond acceptors (Lipinski definition) is 7. The van der Waals surface area contributed by atoms with Gasteiger partial charge in [-0.15, -0.1) is 0 Å². The lowest BCUT2D eigenvalue weighted by molar-refractivity contribution is 0.0987. The Morgan fingerprint density at radius 2 is 1.96 bits per heavy atom. The van der Waals surface area contributed by atoms with E-state index in [2.05, 4.69) is 21.7 Å². The van der Waals surface area contributed by atoms with Crippen LogP contribution in [0.15, 0.2) is 12.1 Å². The first-order valence-corrected chi connectivity index (χ1v) is 9.14. The number of anilines is 2. The van der Waals surface area contributed by atoms with Gasteiger partial charge in [-0.05, 0) is 38.3 Å². The zero-order valence-electron chi connectivity index (χ0n) is 14.7. The van der Waals surface area contributed by atoms with E-state index >= 15 is 0 Å². The lowest BCUT2D eigenvalue weighted by Gasteiger charge is -2.35. The molecule has 2 aliphatic heterocycles. The average Bonchev–Trinajstić information content (AvgIpc) is 2.68. The predicted octanol–water partition coefficient (Wildman–Crippen LogP) is 1.73. The number of morpholine rings is 1. The van der Waals surface area contributed by atoms with E-state index in [0.717, 1.165) is 36.8 Å². The highest BCUT2D eigenvalue weighted by Gasteiger charge is 2.25. The molecule has 7 heteroatoms. The Hall–Kier alpha value is -1.99. The Morgan fingerprint density at radius 1 is 1.12 bits per heavy atom. The minimum absolute atomic E-state index is 0.0811. The summed E-state index contributed by atoms with van der Waals surface area (Å²) in [7, 11) is 0. The molecule has 0 aromatic carbocycles. The monoisotopic (exact) mass is 343 g/mol. The van der Waals surface area contributed by atoms with Crippen LogP contribution in [0.4, 0.5) is 11.8 Å². The third-order valence-corrected chi connectivity index (χ3v) is 5.03. The summed E-state index contributed by atoms with van der Waals surface area (Å²) in [5.74, 6) is 1.68. The highest BCUT2D eigenvalue weighted by Crippen LogP contribution is 2.29. The van der Waals surface area contributed by atoms with Crippen LogP contribution in [-0.4, -0.2) is 58.9 Å². The molecule has 1 atom stereocenters. The maximum atomic E-state index is 9.43. The fraction of sp³-hybridized carbons (Fsp3) is 0.611. The quantitative estimate of drug-likeness (QED) is 0.910. The van der Waals surface area contributed by atoms with Crippen molar-refractivity contribution in [3.63, 3.8) is 0 Å². The van der Waals surface area contributed by atoms with Crippen LogP contribution in [0.1, 0.15) is 31.9 Å². The van der Waals surface area contributed by atoms with Gasteiger partial charge in [0, 0.05) is 19.6 Å². The van der Waals surface area contributed by atoms with Gasteiger partial charge in [-0.2, -0.15) is 9.97 Å². The van der Waals surface area contributed by atoms with Gasteiger partial charge in [-0.25, -0.2) is 4.98 Å². The molecule has 0 spiro atoms. The number of rotatable bonds is 3. The summed E-state index contributed by atoms with van der Waals surface area (Å²) in [6, 6.07) is 4.09. The summed E-state index contributed by atoms with van der Waals surface area (Å²) in [5, 5.41) is 10.4. The molecule has 25 heavy (non-hydrogen) atoms. The lowest BCUT2D eigenvalue weighted by atomic mass is 10.1. The van der Waals surface area contributed by atoms with Crippen LogP contribution in [0.3, 0.4) is 0 Å². The summed E-state index contributed by atoms with van der Waals surface area (Å²) in [4.78, 5) is 18.8. The summed E-state index contributed by atoms with van der Waals surface area (Å²) >= 11 is 0. The van der Waals surface area contributed by atoms with Crippen LogP contribution in [0, 0.1) is 0 Å². The van der Waals surface area contributed by atoms with E-state index in [-0.39, 0.29) is 12.6 Å². The van der Waals surface area contributed by atoms with Crippen LogP contribution in [0.2, 0.25) is 0 Å². The molecule has 7 nitrogen and oxygen atoms in total. The smallest absolute Gasteiger partial charge is 0.229 e. The number of nitrogens with zero attached hydrogens (tertiary/aromatic N) is 5. The van der Waals surface area contributed by atoms with Crippen molar-refractivity contribution in [1.29, 1.82) is 0 Å². The van der Waals surface area contributed by atoms with Crippen LogP contribution in [0.25, 0.3) is 11.0 Å². The van der Waals surface area contributed by atoms with Gasteiger partial charge >= 0.3 is 0 Å². The maximum Gasteiger partial charge on any atom is 0.229 e. The highest BCUT2D eigenvalue weighted by molar-refractivity contribution is 5.88. The van der Waals surface area contributed by atoms with Crippen molar-refractivity contribution in [2.24, 2.45) is 0 Å². The second kappa shape index (κ2) is 7.09. The van der Waals surface area contributed by atoms with Gasteiger partial charge in [-0.3, -0.25) is 0 Å². The van der Waals surface area contributed by atoms with Crippen molar-refractivity contribution in [2.45, 2.75) is 38.8 Å². The lowest BCUT2D eigenvalue weighted by Crippen LogP contribution is -2.44. The number of ether oxygens (including phenoxy) is 1. The molecule has 2 saturated heterocycles. The van der Waals surface area contributed by atoms with Crippen LogP contribution < -0.4 is 9.80 Å². The second-order valence-electron chi connectivity index (χ2n) is 6.84. The fourth-order valence-electron chi connectivity index (χ4n) is 3.61. The Morgan fingerprint density at radius 3 is 2.72 bits per heavy atom. The molecule has 4 rings (SSSR count). The number of aromatic nitrogens is 3. The van der Waals surface area contributed by atoms with Crippen LogP contribution >= 0.6 is 0 Å². The minimum atomic E-state index is -0.0811. The molecule has 1 N–H and O–H groups in total. The molecule has 2 aliphatic rings. The number of fused-ring (bicyclic) bond motifs is 1. The van der Waals surface area contributed by atoms with Crippen molar-refractivity contribution in [3.8, 4) is 0 Å². The summed E-state index contributed by atoms with van der Waals surface area (Å²) < 4.78 is 5.58. The zero-order valence-corrected chi connectivity index (χ0v) is 14.7. The zero-order chi connectivity index (χ0) is 17.2. The number of aliphatic hydroxyl groups excluding tert-OH is 1. The standard InChI is InChI=1S/C18H25N5O2/c1-13-12-25-10-9-23(13)17-15-6-5-14(11-24)19-16(15)20-18(21-17)22-7-3-2-4-8-22/h5-6,13,24H,2-4,7-12H2,1H3. The van der Waals surface area contributed by atoms with Crippen LogP contribution in [-0.2, 0) is 11.3 Å².